The number of ether oxygens (including phenoxy) is 2. The molecule has 2 heterocycles. The van der Waals surface area contributed by atoms with E-state index in [1.165, 1.54) is 0 Å². The molecule has 0 spiro atoms. The van der Waals surface area contributed by atoms with E-state index in [9.17, 15) is 4.79 Å². The van der Waals surface area contributed by atoms with Crippen LogP contribution in [0.1, 0.15) is 32.1 Å². The van der Waals surface area contributed by atoms with Gasteiger partial charge in [-0.3, -0.25) is 4.79 Å². The van der Waals surface area contributed by atoms with Crippen LogP contribution in [0.25, 0.3) is 0 Å². The standard InChI is InChI=1S/C14H26N2O3/c17-14(16-10-12-2-1-8-18-11-12)5-9-19-13-3-6-15-7-4-13/h12-13,15H,1-11H2,(H,16,17). The van der Waals surface area contributed by atoms with E-state index < -0.39 is 0 Å². The lowest BCUT2D eigenvalue weighted by Crippen LogP contribution is -2.35. The molecule has 0 bridgehead atoms. The van der Waals surface area contributed by atoms with Crippen molar-refractivity contribution in [3.8, 4) is 0 Å². The van der Waals surface area contributed by atoms with Crippen molar-refractivity contribution in [2.24, 2.45) is 5.92 Å². The zero-order valence-corrected chi connectivity index (χ0v) is 11.7. The van der Waals surface area contributed by atoms with Crippen LogP contribution in [0, 0.1) is 5.92 Å². The van der Waals surface area contributed by atoms with Crippen LogP contribution < -0.4 is 10.6 Å². The van der Waals surface area contributed by atoms with Crippen molar-refractivity contribution in [3.63, 3.8) is 0 Å². The second-order valence-electron chi connectivity index (χ2n) is 5.46. The maximum absolute atomic E-state index is 11.7. The van der Waals surface area contributed by atoms with Gasteiger partial charge in [-0.1, -0.05) is 0 Å². The minimum Gasteiger partial charge on any atom is -0.381 e. The molecule has 2 aliphatic heterocycles. The fourth-order valence-corrected chi connectivity index (χ4v) is 2.60. The number of nitrogens with one attached hydrogen (secondary N) is 2. The van der Waals surface area contributed by atoms with Crippen LogP contribution in [-0.4, -0.2) is 51.5 Å². The highest BCUT2D eigenvalue weighted by molar-refractivity contribution is 5.75. The molecule has 0 aromatic carbocycles. The zero-order chi connectivity index (χ0) is 13.3. The van der Waals surface area contributed by atoms with Gasteiger partial charge in [0, 0.05) is 19.6 Å². The molecule has 19 heavy (non-hydrogen) atoms. The molecule has 0 aromatic rings. The van der Waals surface area contributed by atoms with Gasteiger partial charge in [-0.15, -0.1) is 0 Å². The molecule has 1 unspecified atom stereocenters. The van der Waals surface area contributed by atoms with E-state index in [2.05, 4.69) is 10.6 Å². The van der Waals surface area contributed by atoms with Gasteiger partial charge in [0.25, 0.3) is 0 Å². The Morgan fingerprint density at radius 2 is 2.16 bits per heavy atom. The zero-order valence-electron chi connectivity index (χ0n) is 11.7. The van der Waals surface area contributed by atoms with Crippen molar-refractivity contribution in [2.75, 3.05) is 39.5 Å². The third kappa shape index (κ3) is 5.89. The fourth-order valence-electron chi connectivity index (χ4n) is 2.60. The molecule has 2 saturated heterocycles. The summed E-state index contributed by atoms with van der Waals surface area (Å²) in [7, 11) is 0. The van der Waals surface area contributed by atoms with Crippen LogP contribution in [0.3, 0.4) is 0 Å². The third-order valence-corrected chi connectivity index (χ3v) is 3.81. The summed E-state index contributed by atoms with van der Waals surface area (Å²) >= 11 is 0. The van der Waals surface area contributed by atoms with Gasteiger partial charge in [-0.25, -0.2) is 0 Å². The SMILES string of the molecule is O=C(CCOC1CCNCC1)NCC1CCCOC1. The highest BCUT2D eigenvalue weighted by Gasteiger charge is 2.16. The van der Waals surface area contributed by atoms with Crippen LogP contribution in [-0.2, 0) is 14.3 Å². The maximum atomic E-state index is 11.7. The molecule has 0 aromatic heterocycles. The second-order valence-corrected chi connectivity index (χ2v) is 5.46. The highest BCUT2D eigenvalue weighted by atomic mass is 16.5. The molecular weight excluding hydrogens is 244 g/mol. The third-order valence-electron chi connectivity index (χ3n) is 3.81. The summed E-state index contributed by atoms with van der Waals surface area (Å²) in [6.07, 6.45) is 5.19. The molecule has 5 nitrogen and oxygen atoms in total. The topological polar surface area (TPSA) is 59.6 Å². The van der Waals surface area contributed by atoms with Crippen LogP contribution in [0.15, 0.2) is 0 Å². The number of carbonyl (C=O) groups excluding carboxylic acids is 1. The van der Waals surface area contributed by atoms with Gasteiger partial charge in [0.05, 0.1) is 19.3 Å². The largest absolute Gasteiger partial charge is 0.381 e. The van der Waals surface area contributed by atoms with Crippen molar-refractivity contribution >= 4 is 5.91 Å². The van der Waals surface area contributed by atoms with Gasteiger partial charge in [-0.2, -0.15) is 0 Å². The number of carbonyl (C=O) groups is 1. The van der Waals surface area contributed by atoms with Crippen LogP contribution >= 0.6 is 0 Å². The van der Waals surface area contributed by atoms with Crippen LogP contribution in [0.2, 0.25) is 0 Å². The Morgan fingerprint density at radius 3 is 2.89 bits per heavy atom. The van der Waals surface area contributed by atoms with Crippen molar-refractivity contribution in [2.45, 2.75) is 38.2 Å². The number of hydrogen-bond donors (Lipinski definition) is 2. The molecule has 5 heteroatoms. The summed E-state index contributed by atoms with van der Waals surface area (Å²) in [5.74, 6) is 0.586. The first-order valence-electron chi connectivity index (χ1n) is 7.51. The van der Waals surface area contributed by atoms with E-state index in [4.69, 9.17) is 9.47 Å². The van der Waals surface area contributed by atoms with Gasteiger partial charge in [0.2, 0.25) is 5.91 Å². The Labute approximate surface area is 115 Å². The molecule has 1 atom stereocenters. The average Bonchev–Trinajstić information content (AvgIpc) is 2.47. The van der Waals surface area contributed by atoms with Crippen molar-refractivity contribution in [3.05, 3.63) is 0 Å². The Bertz CT molecular complexity index is 261. The van der Waals surface area contributed by atoms with Crippen LogP contribution in [0.4, 0.5) is 0 Å². The Balaban J connectivity index is 1.49. The highest BCUT2D eigenvalue weighted by Crippen LogP contribution is 2.12. The first-order chi connectivity index (χ1) is 9.34. The van der Waals surface area contributed by atoms with Gasteiger partial charge in [-0.05, 0) is 44.7 Å². The Hall–Kier alpha value is -0.650. The summed E-state index contributed by atoms with van der Waals surface area (Å²) in [5.41, 5.74) is 0. The molecular formula is C14H26N2O3. The van der Waals surface area contributed by atoms with E-state index in [1.807, 2.05) is 0 Å². The van der Waals surface area contributed by atoms with E-state index in [0.717, 1.165) is 58.5 Å². The molecule has 0 radical (unpaired) electrons. The molecule has 0 saturated carbocycles. The second kappa shape index (κ2) is 8.51. The minimum absolute atomic E-state index is 0.0968. The van der Waals surface area contributed by atoms with E-state index in [-0.39, 0.29) is 5.91 Å². The van der Waals surface area contributed by atoms with Crippen molar-refractivity contribution in [1.29, 1.82) is 0 Å². The summed E-state index contributed by atoms with van der Waals surface area (Å²) in [4.78, 5) is 11.7. The number of hydrogen-bond acceptors (Lipinski definition) is 4. The molecule has 2 rings (SSSR count). The summed E-state index contributed by atoms with van der Waals surface area (Å²) in [6, 6.07) is 0. The van der Waals surface area contributed by atoms with E-state index >= 15 is 0 Å². The lowest BCUT2D eigenvalue weighted by molar-refractivity contribution is -0.123. The average molecular weight is 270 g/mol. The number of piperidine rings is 1. The van der Waals surface area contributed by atoms with Crippen LogP contribution in [0.5, 0.6) is 0 Å². The fraction of sp³-hybridized carbons (Fsp3) is 0.929. The Morgan fingerprint density at radius 1 is 1.32 bits per heavy atom. The minimum atomic E-state index is 0.0968. The number of amides is 1. The maximum Gasteiger partial charge on any atom is 0.222 e. The molecule has 2 N–H and O–H groups in total. The van der Waals surface area contributed by atoms with Crippen molar-refractivity contribution < 1.29 is 14.3 Å². The number of rotatable bonds is 6. The predicted octanol–water partition coefficient (Wildman–Crippen LogP) is 0.688. The van der Waals surface area contributed by atoms with Gasteiger partial charge in [0.15, 0.2) is 0 Å². The monoisotopic (exact) mass is 270 g/mol. The van der Waals surface area contributed by atoms with E-state index in [0.29, 0.717) is 25.0 Å². The van der Waals surface area contributed by atoms with Gasteiger partial charge in [0.1, 0.15) is 0 Å². The Kier molecular flexibility index (Phi) is 6.61. The van der Waals surface area contributed by atoms with E-state index in [1.54, 1.807) is 0 Å². The lowest BCUT2D eigenvalue weighted by Gasteiger charge is -2.23. The first-order valence-corrected chi connectivity index (χ1v) is 7.51. The molecule has 2 fully saturated rings. The first kappa shape index (κ1) is 14.8. The lowest BCUT2D eigenvalue weighted by atomic mass is 10.0. The summed E-state index contributed by atoms with van der Waals surface area (Å²) < 4.78 is 11.1. The normalized spacial score (nSPS) is 25.2. The quantitative estimate of drug-likeness (QED) is 0.745. The molecule has 1 amide bonds. The van der Waals surface area contributed by atoms with Gasteiger partial charge >= 0.3 is 0 Å². The van der Waals surface area contributed by atoms with Gasteiger partial charge < -0.3 is 20.1 Å². The molecule has 0 aliphatic carbocycles. The summed E-state index contributed by atoms with van der Waals surface area (Å²) in [6.45, 7) is 4.99. The molecule has 110 valence electrons. The predicted molar refractivity (Wildman–Crippen MR) is 73.0 cm³/mol. The smallest absolute Gasteiger partial charge is 0.222 e. The van der Waals surface area contributed by atoms with Crippen molar-refractivity contribution in [1.82, 2.24) is 10.6 Å². The summed E-state index contributed by atoms with van der Waals surface area (Å²) in [5, 5.41) is 6.28. The molecule has 2 aliphatic rings.